The highest BCUT2D eigenvalue weighted by Crippen LogP contribution is 2.30. The van der Waals surface area contributed by atoms with E-state index in [4.69, 9.17) is 4.42 Å². The van der Waals surface area contributed by atoms with E-state index >= 15 is 0 Å². The van der Waals surface area contributed by atoms with E-state index in [0.29, 0.717) is 17.3 Å². The SMILES string of the molecule is O=C(N[C@H]1CCCc2ccccc21)/C(=C\c1ccco1)n1nnnc1-c1ccccc1. The van der Waals surface area contributed by atoms with Gasteiger partial charge in [0, 0.05) is 11.6 Å². The van der Waals surface area contributed by atoms with Crippen LogP contribution in [-0.4, -0.2) is 26.1 Å². The van der Waals surface area contributed by atoms with Gasteiger partial charge in [-0.05, 0) is 52.9 Å². The van der Waals surface area contributed by atoms with Crippen LogP contribution in [-0.2, 0) is 11.2 Å². The minimum atomic E-state index is -0.261. The van der Waals surface area contributed by atoms with Crippen molar-refractivity contribution in [2.24, 2.45) is 0 Å². The minimum Gasteiger partial charge on any atom is -0.465 e. The van der Waals surface area contributed by atoms with Gasteiger partial charge in [-0.15, -0.1) is 5.10 Å². The van der Waals surface area contributed by atoms with Crippen molar-refractivity contribution in [2.75, 3.05) is 0 Å². The van der Waals surface area contributed by atoms with Crippen molar-refractivity contribution in [3.05, 3.63) is 89.9 Å². The second-order valence-electron chi connectivity index (χ2n) is 7.44. The predicted octanol–water partition coefficient (Wildman–Crippen LogP) is 4.13. The largest absolute Gasteiger partial charge is 0.465 e. The van der Waals surface area contributed by atoms with Crippen molar-refractivity contribution < 1.29 is 9.21 Å². The summed E-state index contributed by atoms with van der Waals surface area (Å²) in [5.74, 6) is 0.767. The van der Waals surface area contributed by atoms with Crippen molar-refractivity contribution in [3.8, 4) is 11.4 Å². The summed E-state index contributed by atoms with van der Waals surface area (Å²) in [6.07, 6.45) is 6.17. The molecule has 1 aliphatic carbocycles. The van der Waals surface area contributed by atoms with Crippen molar-refractivity contribution in [1.82, 2.24) is 25.5 Å². The summed E-state index contributed by atoms with van der Waals surface area (Å²) in [7, 11) is 0. The molecule has 0 saturated carbocycles. The number of hydrogen-bond donors (Lipinski definition) is 1. The molecule has 0 fully saturated rings. The lowest BCUT2D eigenvalue weighted by Gasteiger charge is -2.26. The smallest absolute Gasteiger partial charge is 0.270 e. The van der Waals surface area contributed by atoms with Gasteiger partial charge in [0.05, 0.1) is 12.3 Å². The van der Waals surface area contributed by atoms with Gasteiger partial charge < -0.3 is 9.73 Å². The second-order valence-corrected chi connectivity index (χ2v) is 7.44. The number of carbonyl (C=O) groups is 1. The fraction of sp³-hybridized carbons (Fsp3) is 0.167. The van der Waals surface area contributed by atoms with Crippen LogP contribution in [0.25, 0.3) is 23.2 Å². The van der Waals surface area contributed by atoms with E-state index < -0.39 is 0 Å². The van der Waals surface area contributed by atoms with E-state index in [-0.39, 0.29) is 11.9 Å². The molecule has 2 aromatic carbocycles. The van der Waals surface area contributed by atoms with E-state index in [1.165, 1.54) is 15.8 Å². The number of fused-ring (bicyclic) bond motifs is 1. The first-order valence-electron chi connectivity index (χ1n) is 10.3. The first kappa shape index (κ1) is 19.0. The number of nitrogens with zero attached hydrogens (tertiary/aromatic N) is 4. The number of hydrogen-bond acceptors (Lipinski definition) is 5. The zero-order chi connectivity index (χ0) is 21.0. The van der Waals surface area contributed by atoms with Gasteiger partial charge in [-0.2, -0.15) is 4.68 Å². The average Bonchev–Trinajstić information content (AvgIpc) is 3.50. The van der Waals surface area contributed by atoms with Crippen LogP contribution in [0.1, 0.15) is 35.8 Å². The molecule has 5 rings (SSSR count). The Morgan fingerprint density at radius 2 is 1.90 bits per heavy atom. The average molecular weight is 411 g/mol. The van der Waals surface area contributed by atoms with Crippen LogP contribution in [0.2, 0.25) is 0 Å². The highest BCUT2D eigenvalue weighted by molar-refractivity contribution is 6.18. The molecule has 4 aromatic rings. The summed E-state index contributed by atoms with van der Waals surface area (Å²) in [4.78, 5) is 13.5. The Morgan fingerprint density at radius 1 is 1.06 bits per heavy atom. The molecule has 7 heteroatoms. The first-order valence-corrected chi connectivity index (χ1v) is 10.3. The van der Waals surface area contributed by atoms with Crippen LogP contribution < -0.4 is 5.32 Å². The molecule has 1 aliphatic rings. The number of carbonyl (C=O) groups excluding carboxylic acids is 1. The summed E-state index contributed by atoms with van der Waals surface area (Å²) < 4.78 is 6.93. The van der Waals surface area contributed by atoms with E-state index in [1.54, 1.807) is 24.5 Å². The Labute approximate surface area is 179 Å². The number of nitrogens with one attached hydrogen (secondary N) is 1. The lowest BCUT2D eigenvalue weighted by molar-refractivity contribution is -0.116. The molecular formula is C24H21N5O2. The molecule has 0 saturated heterocycles. The van der Waals surface area contributed by atoms with Crippen molar-refractivity contribution >= 4 is 17.7 Å². The highest BCUT2D eigenvalue weighted by Gasteiger charge is 2.25. The van der Waals surface area contributed by atoms with Gasteiger partial charge in [-0.1, -0.05) is 54.6 Å². The number of tetrazole rings is 1. The molecule has 1 atom stereocenters. The maximum atomic E-state index is 13.5. The van der Waals surface area contributed by atoms with Crippen molar-refractivity contribution in [1.29, 1.82) is 0 Å². The zero-order valence-electron chi connectivity index (χ0n) is 16.8. The number of furan rings is 1. The summed E-state index contributed by atoms with van der Waals surface area (Å²) in [6.45, 7) is 0. The van der Waals surface area contributed by atoms with E-state index in [1.807, 2.05) is 42.5 Å². The quantitative estimate of drug-likeness (QED) is 0.499. The number of amides is 1. The standard InChI is InChI=1S/C24H21N5O2/c30-24(25-21-14-6-11-17-8-4-5-13-20(17)21)22(16-19-12-7-15-31-19)29-23(26-27-28-29)18-9-2-1-3-10-18/h1-5,7-10,12-13,15-16,21H,6,11,14H2,(H,25,30)/b22-16+/t21-/m0/s1. The third-order valence-electron chi connectivity index (χ3n) is 5.46. The Balaban J connectivity index is 1.52. The maximum Gasteiger partial charge on any atom is 0.270 e. The number of aromatic nitrogens is 4. The molecule has 154 valence electrons. The molecule has 0 spiro atoms. The Morgan fingerprint density at radius 3 is 2.74 bits per heavy atom. The Kier molecular flexibility index (Phi) is 5.14. The second kappa shape index (κ2) is 8.39. The van der Waals surface area contributed by atoms with Gasteiger partial charge in [-0.3, -0.25) is 4.79 Å². The number of aryl methyl sites for hydroxylation is 1. The van der Waals surface area contributed by atoms with Gasteiger partial charge in [0.15, 0.2) is 5.82 Å². The third kappa shape index (κ3) is 3.90. The maximum absolute atomic E-state index is 13.5. The lowest BCUT2D eigenvalue weighted by Crippen LogP contribution is -2.33. The van der Waals surface area contributed by atoms with Crippen LogP contribution in [0.5, 0.6) is 0 Å². The molecule has 0 unspecified atom stereocenters. The van der Waals surface area contributed by atoms with Crippen LogP contribution in [0.3, 0.4) is 0 Å². The van der Waals surface area contributed by atoms with E-state index in [0.717, 1.165) is 24.8 Å². The normalized spacial score (nSPS) is 16.0. The molecule has 31 heavy (non-hydrogen) atoms. The molecule has 0 bridgehead atoms. The van der Waals surface area contributed by atoms with Crippen molar-refractivity contribution in [2.45, 2.75) is 25.3 Å². The minimum absolute atomic E-state index is 0.0610. The van der Waals surface area contributed by atoms with Crippen LogP contribution >= 0.6 is 0 Å². The summed E-state index contributed by atoms with van der Waals surface area (Å²) in [5.41, 5.74) is 3.55. The molecule has 2 aromatic heterocycles. The summed E-state index contributed by atoms with van der Waals surface area (Å²) >= 11 is 0. The van der Waals surface area contributed by atoms with Crippen molar-refractivity contribution in [3.63, 3.8) is 0 Å². The molecule has 2 heterocycles. The van der Waals surface area contributed by atoms with E-state index in [9.17, 15) is 4.79 Å². The topological polar surface area (TPSA) is 85.8 Å². The van der Waals surface area contributed by atoms with Gasteiger partial charge in [0.2, 0.25) is 0 Å². The third-order valence-corrected chi connectivity index (χ3v) is 5.46. The number of benzene rings is 2. The molecule has 7 nitrogen and oxygen atoms in total. The Bertz CT molecular complexity index is 1210. The van der Waals surface area contributed by atoms with Gasteiger partial charge in [0.25, 0.3) is 5.91 Å². The number of rotatable bonds is 5. The molecule has 1 N–H and O–H groups in total. The van der Waals surface area contributed by atoms with Gasteiger partial charge in [-0.25, -0.2) is 0 Å². The zero-order valence-corrected chi connectivity index (χ0v) is 16.8. The van der Waals surface area contributed by atoms with Crippen LogP contribution in [0.15, 0.2) is 77.4 Å². The predicted molar refractivity (Wildman–Crippen MR) is 116 cm³/mol. The van der Waals surface area contributed by atoms with Crippen LogP contribution in [0.4, 0.5) is 0 Å². The van der Waals surface area contributed by atoms with Gasteiger partial charge >= 0.3 is 0 Å². The fourth-order valence-corrected chi connectivity index (χ4v) is 3.98. The molecular weight excluding hydrogens is 390 g/mol. The molecule has 0 radical (unpaired) electrons. The lowest BCUT2D eigenvalue weighted by atomic mass is 9.87. The monoisotopic (exact) mass is 411 g/mol. The fourth-order valence-electron chi connectivity index (χ4n) is 3.98. The summed E-state index contributed by atoms with van der Waals surface area (Å²) in [5, 5.41) is 15.3. The molecule has 0 aliphatic heterocycles. The summed E-state index contributed by atoms with van der Waals surface area (Å²) in [6, 6.07) is 21.3. The first-order chi connectivity index (χ1) is 15.3. The Hall–Kier alpha value is -4.00. The van der Waals surface area contributed by atoms with Crippen LogP contribution in [0, 0.1) is 0 Å². The van der Waals surface area contributed by atoms with Gasteiger partial charge in [0.1, 0.15) is 11.5 Å². The van der Waals surface area contributed by atoms with E-state index in [2.05, 4.69) is 33.0 Å². The molecule has 1 amide bonds. The highest BCUT2D eigenvalue weighted by atomic mass is 16.3.